The Hall–Kier alpha value is -1.03. The molecule has 0 radical (unpaired) electrons. The second kappa shape index (κ2) is 6.23. The molecule has 1 aromatic rings. The number of nitrogens with one attached hydrogen (secondary N) is 1. The van der Waals surface area contributed by atoms with Crippen LogP contribution in [0.3, 0.4) is 0 Å². The van der Waals surface area contributed by atoms with Gasteiger partial charge in [-0.3, -0.25) is 0 Å². The Labute approximate surface area is 116 Å². The van der Waals surface area contributed by atoms with Crippen LogP contribution in [0.2, 0.25) is 0 Å². The lowest BCUT2D eigenvalue weighted by molar-refractivity contribution is 0.543. The molecule has 1 aromatic carbocycles. The Kier molecular flexibility index (Phi) is 5.20. The summed E-state index contributed by atoms with van der Waals surface area (Å²) in [7, 11) is -3.59. The molecule has 0 aliphatic heterocycles. The molecule has 1 unspecified atom stereocenters. The first-order valence-corrected chi connectivity index (χ1v) is 7.69. The van der Waals surface area contributed by atoms with Gasteiger partial charge in [-0.05, 0) is 40.5 Å². The van der Waals surface area contributed by atoms with Crippen molar-refractivity contribution >= 4 is 31.6 Å². The number of nitrogen functional groups attached to an aromatic ring is 1. The van der Waals surface area contributed by atoms with E-state index in [1.165, 1.54) is 6.07 Å². The molecule has 0 heterocycles. The van der Waals surface area contributed by atoms with Crippen molar-refractivity contribution in [1.82, 2.24) is 4.72 Å². The predicted molar refractivity (Wildman–Crippen MR) is 76.4 cm³/mol. The van der Waals surface area contributed by atoms with E-state index in [1.54, 1.807) is 12.1 Å². The van der Waals surface area contributed by atoms with Gasteiger partial charge in [0, 0.05) is 22.6 Å². The number of terminal acetylenes is 1. The van der Waals surface area contributed by atoms with Gasteiger partial charge < -0.3 is 5.73 Å². The van der Waals surface area contributed by atoms with E-state index in [2.05, 4.69) is 26.6 Å². The fourth-order valence-corrected chi connectivity index (χ4v) is 3.84. The summed E-state index contributed by atoms with van der Waals surface area (Å²) in [6, 6.07) is 4.30. The zero-order valence-electron chi connectivity index (χ0n) is 9.98. The van der Waals surface area contributed by atoms with Crippen LogP contribution >= 0.6 is 15.9 Å². The Morgan fingerprint density at radius 1 is 1.56 bits per heavy atom. The lowest BCUT2D eigenvalue weighted by Gasteiger charge is -2.15. The van der Waals surface area contributed by atoms with Crippen LogP contribution in [0.15, 0.2) is 27.6 Å². The van der Waals surface area contributed by atoms with Crippen molar-refractivity contribution in [2.75, 3.05) is 5.73 Å². The van der Waals surface area contributed by atoms with Crippen LogP contribution in [0.1, 0.15) is 19.8 Å². The molecule has 18 heavy (non-hydrogen) atoms. The monoisotopic (exact) mass is 330 g/mol. The van der Waals surface area contributed by atoms with Gasteiger partial charge in [-0.2, -0.15) is 0 Å². The fourth-order valence-electron chi connectivity index (χ4n) is 1.43. The van der Waals surface area contributed by atoms with Gasteiger partial charge in [0.25, 0.3) is 0 Å². The maximum absolute atomic E-state index is 12.2. The van der Waals surface area contributed by atoms with Crippen molar-refractivity contribution in [3.8, 4) is 12.3 Å². The topological polar surface area (TPSA) is 72.2 Å². The van der Waals surface area contributed by atoms with Crippen LogP contribution in [-0.4, -0.2) is 14.5 Å². The number of anilines is 1. The van der Waals surface area contributed by atoms with Crippen molar-refractivity contribution in [1.29, 1.82) is 0 Å². The second-order valence-electron chi connectivity index (χ2n) is 3.82. The molecule has 0 bridgehead atoms. The number of benzene rings is 1. The zero-order valence-corrected chi connectivity index (χ0v) is 12.4. The summed E-state index contributed by atoms with van der Waals surface area (Å²) in [5, 5.41) is 0. The summed E-state index contributed by atoms with van der Waals surface area (Å²) in [6.07, 6.45) is 6.20. The van der Waals surface area contributed by atoms with Crippen molar-refractivity contribution in [2.45, 2.75) is 30.7 Å². The van der Waals surface area contributed by atoms with E-state index in [-0.39, 0.29) is 10.9 Å². The van der Waals surface area contributed by atoms with Gasteiger partial charge >= 0.3 is 0 Å². The minimum atomic E-state index is -3.59. The highest BCUT2D eigenvalue weighted by atomic mass is 79.9. The van der Waals surface area contributed by atoms with Crippen molar-refractivity contribution in [3.05, 3.63) is 22.7 Å². The Morgan fingerprint density at radius 3 is 2.72 bits per heavy atom. The summed E-state index contributed by atoms with van der Waals surface area (Å²) >= 11 is 3.19. The second-order valence-corrected chi connectivity index (χ2v) is 6.36. The van der Waals surface area contributed by atoms with Crippen LogP contribution in [0.25, 0.3) is 0 Å². The molecule has 98 valence electrons. The van der Waals surface area contributed by atoms with E-state index in [0.717, 1.165) is 0 Å². The van der Waals surface area contributed by atoms with E-state index >= 15 is 0 Å². The highest BCUT2D eigenvalue weighted by Crippen LogP contribution is 2.24. The Morgan fingerprint density at radius 2 is 2.22 bits per heavy atom. The van der Waals surface area contributed by atoms with Crippen molar-refractivity contribution in [2.24, 2.45) is 0 Å². The number of hydrogen-bond donors (Lipinski definition) is 2. The van der Waals surface area contributed by atoms with Gasteiger partial charge in [0.15, 0.2) is 0 Å². The molecular weight excluding hydrogens is 316 g/mol. The van der Waals surface area contributed by atoms with Crippen LogP contribution < -0.4 is 10.5 Å². The number of nitrogens with two attached hydrogens (primary N) is 1. The number of halogens is 1. The minimum Gasteiger partial charge on any atom is -0.399 e. The Bertz CT molecular complexity index is 564. The highest BCUT2D eigenvalue weighted by Gasteiger charge is 2.20. The smallest absolute Gasteiger partial charge is 0.241 e. The average molecular weight is 331 g/mol. The molecule has 0 fully saturated rings. The molecule has 3 N–H and O–H groups in total. The maximum atomic E-state index is 12.2. The SMILES string of the molecule is C#CCC(CC)NS(=O)(=O)c1ccc(N)cc1Br. The minimum absolute atomic E-state index is 0.159. The van der Waals surface area contributed by atoms with Crippen LogP contribution in [-0.2, 0) is 10.0 Å². The number of rotatable bonds is 5. The molecule has 0 spiro atoms. The van der Waals surface area contributed by atoms with Crippen molar-refractivity contribution < 1.29 is 8.42 Å². The van der Waals surface area contributed by atoms with Gasteiger partial charge in [0.05, 0.1) is 4.90 Å². The molecule has 0 amide bonds. The van der Waals surface area contributed by atoms with Crippen LogP contribution in [0, 0.1) is 12.3 Å². The highest BCUT2D eigenvalue weighted by molar-refractivity contribution is 9.10. The molecular formula is C12H15BrN2O2S. The van der Waals surface area contributed by atoms with Gasteiger partial charge in [-0.25, -0.2) is 13.1 Å². The number of hydrogen-bond acceptors (Lipinski definition) is 3. The largest absolute Gasteiger partial charge is 0.399 e. The van der Waals surface area contributed by atoms with Crippen LogP contribution in [0.5, 0.6) is 0 Å². The van der Waals surface area contributed by atoms with E-state index in [4.69, 9.17) is 12.2 Å². The first-order valence-electron chi connectivity index (χ1n) is 5.41. The molecule has 0 aromatic heterocycles. The zero-order chi connectivity index (χ0) is 13.8. The average Bonchev–Trinajstić information content (AvgIpc) is 2.27. The molecule has 1 atom stereocenters. The van der Waals surface area contributed by atoms with E-state index in [9.17, 15) is 8.42 Å². The lowest BCUT2D eigenvalue weighted by Crippen LogP contribution is -2.34. The van der Waals surface area contributed by atoms with E-state index < -0.39 is 10.0 Å². The summed E-state index contributed by atoms with van der Waals surface area (Å²) in [5.74, 6) is 2.46. The summed E-state index contributed by atoms with van der Waals surface area (Å²) < 4.78 is 27.3. The molecule has 0 aliphatic carbocycles. The van der Waals surface area contributed by atoms with Gasteiger partial charge in [0.1, 0.15) is 0 Å². The molecule has 4 nitrogen and oxygen atoms in total. The normalized spacial score (nSPS) is 12.9. The van der Waals surface area contributed by atoms with E-state index in [1.807, 2.05) is 6.92 Å². The summed E-state index contributed by atoms with van der Waals surface area (Å²) in [5.41, 5.74) is 6.07. The quantitative estimate of drug-likeness (QED) is 0.641. The fraction of sp³-hybridized carbons (Fsp3) is 0.333. The molecule has 0 saturated heterocycles. The third kappa shape index (κ3) is 3.73. The van der Waals surface area contributed by atoms with Gasteiger partial charge in [-0.15, -0.1) is 12.3 Å². The van der Waals surface area contributed by atoms with Gasteiger partial charge in [0.2, 0.25) is 10.0 Å². The number of sulfonamides is 1. The predicted octanol–water partition coefficient (Wildman–Crippen LogP) is 2.11. The molecule has 0 saturated carbocycles. The molecule has 1 rings (SSSR count). The Balaban J connectivity index is 3.03. The van der Waals surface area contributed by atoms with Crippen LogP contribution in [0.4, 0.5) is 5.69 Å². The first-order chi connectivity index (χ1) is 8.40. The first kappa shape index (κ1) is 15.0. The standard InChI is InChI=1S/C12H15BrN2O2S/c1-3-5-10(4-2)15-18(16,17)12-7-6-9(14)8-11(12)13/h1,6-8,10,15H,4-5,14H2,2H3. The third-order valence-electron chi connectivity index (χ3n) is 2.42. The maximum Gasteiger partial charge on any atom is 0.241 e. The third-order valence-corrected chi connectivity index (χ3v) is 4.92. The van der Waals surface area contributed by atoms with Crippen molar-refractivity contribution in [3.63, 3.8) is 0 Å². The van der Waals surface area contributed by atoms with Gasteiger partial charge in [-0.1, -0.05) is 6.92 Å². The summed E-state index contributed by atoms with van der Waals surface area (Å²) in [6.45, 7) is 1.88. The molecule has 0 aliphatic rings. The summed E-state index contributed by atoms with van der Waals surface area (Å²) in [4.78, 5) is 0.159. The van der Waals surface area contributed by atoms with E-state index in [0.29, 0.717) is 23.0 Å². The molecule has 6 heteroatoms. The lowest BCUT2D eigenvalue weighted by atomic mass is 10.2.